The van der Waals surface area contributed by atoms with Crippen LogP contribution in [0.4, 0.5) is 0 Å². The van der Waals surface area contributed by atoms with Crippen LogP contribution in [0, 0.1) is 27.7 Å². The van der Waals surface area contributed by atoms with Gasteiger partial charge >= 0.3 is 18.9 Å². The molecule has 0 nitrogen and oxygen atoms in total. The molecule has 0 aliphatic carbocycles. The van der Waals surface area contributed by atoms with E-state index < -0.39 is 0 Å². The zero-order chi connectivity index (χ0) is 12.4. The Labute approximate surface area is 124 Å². The van der Waals surface area contributed by atoms with Crippen molar-refractivity contribution in [2.45, 2.75) is 27.7 Å². The first-order valence-corrected chi connectivity index (χ1v) is 6.82. The summed E-state index contributed by atoms with van der Waals surface area (Å²) >= 11 is 0. The monoisotopic (exact) mass is 248 g/mol. The predicted octanol–water partition coefficient (Wildman–Crippen LogP) is 0.821. The molecule has 2 aromatic rings. The average Bonchev–Trinajstić information content (AvgIpc) is 2.25. The fraction of sp³-hybridized carbons (Fsp3) is 0.250. The van der Waals surface area contributed by atoms with Crippen molar-refractivity contribution in [2.24, 2.45) is 0 Å². The minimum Gasteiger partial charge on any atom is -0.472 e. The molecule has 0 atom stereocenters. The Morgan fingerprint density at radius 2 is 1.06 bits per heavy atom. The molecule has 88 valence electrons. The molecule has 0 spiro atoms. The molecule has 0 aromatic heterocycles. The molecule has 0 heterocycles. The van der Waals surface area contributed by atoms with E-state index in [0.717, 1.165) is 0 Å². The van der Waals surface area contributed by atoms with Gasteiger partial charge in [0.25, 0.3) is 0 Å². The smallest absolute Gasteiger partial charge is 0.472 e. The van der Waals surface area contributed by atoms with Crippen molar-refractivity contribution in [3.63, 3.8) is 0 Å². The maximum atomic E-state index is 2.26. The molecular formula is C16H18LiP. The Kier molecular flexibility index (Phi) is 5.68. The van der Waals surface area contributed by atoms with Gasteiger partial charge in [0.15, 0.2) is 0 Å². The van der Waals surface area contributed by atoms with E-state index >= 15 is 0 Å². The molecule has 2 rings (SSSR count). The summed E-state index contributed by atoms with van der Waals surface area (Å²) in [4.78, 5) is 0. The van der Waals surface area contributed by atoms with Crippen LogP contribution in [-0.2, 0) is 0 Å². The van der Waals surface area contributed by atoms with Crippen LogP contribution in [0.3, 0.4) is 0 Å². The zero-order valence-corrected chi connectivity index (χ0v) is 12.8. The van der Waals surface area contributed by atoms with E-state index in [1.54, 1.807) is 0 Å². The molecule has 0 fully saturated rings. The van der Waals surface area contributed by atoms with Gasteiger partial charge in [0.2, 0.25) is 0 Å². The quantitative estimate of drug-likeness (QED) is 0.545. The summed E-state index contributed by atoms with van der Waals surface area (Å²) in [5.41, 5.74) is 5.43. The summed E-state index contributed by atoms with van der Waals surface area (Å²) in [5.74, 6) is 0. The van der Waals surface area contributed by atoms with Crippen molar-refractivity contribution in [2.75, 3.05) is 0 Å². The van der Waals surface area contributed by atoms with Crippen LogP contribution < -0.4 is 29.5 Å². The number of benzene rings is 2. The maximum Gasteiger partial charge on any atom is 1.00 e. The topological polar surface area (TPSA) is 0 Å². The Balaban J connectivity index is 0.00000162. The molecule has 0 bridgehead atoms. The van der Waals surface area contributed by atoms with Crippen LogP contribution in [0.15, 0.2) is 36.4 Å². The summed E-state index contributed by atoms with van der Waals surface area (Å²) in [6, 6.07) is 13.4. The molecule has 0 amide bonds. The Morgan fingerprint density at radius 1 is 0.667 bits per heavy atom. The summed E-state index contributed by atoms with van der Waals surface area (Å²) in [6.45, 7) is 8.67. The molecule has 0 saturated heterocycles. The van der Waals surface area contributed by atoms with E-state index in [1.165, 1.54) is 41.4 Å². The SMILES string of the molecule is Cc1ccc([P-]c2ccc(C)cc2C)c(C)c1.[Li+]. The van der Waals surface area contributed by atoms with Crippen molar-refractivity contribution in [3.05, 3.63) is 58.7 Å². The van der Waals surface area contributed by atoms with Gasteiger partial charge in [-0.05, 0) is 27.7 Å². The van der Waals surface area contributed by atoms with Crippen LogP contribution >= 0.6 is 8.58 Å². The van der Waals surface area contributed by atoms with E-state index in [2.05, 4.69) is 64.1 Å². The van der Waals surface area contributed by atoms with Gasteiger partial charge in [-0.2, -0.15) is 10.6 Å². The fourth-order valence-corrected chi connectivity index (χ4v) is 3.03. The molecule has 0 saturated carbocycles. The molecule has 0 radical (unpaired) electrons. The number of rotatable bonds is 2. The van der Waals surface area contributed by atoms with Gasteiger partial charge < -0.3 is 8.58 Å². The summed E-state index contributed by atoms with van der Waals surface area (Å²) in [7, 11) is 1.31. The molecule has 0 aliphatic rings. The minimum atomic E-state index is 0. The summed E-state index contributed by atoms with van der Waals surface area (Å²) < 4.78 is 0. The standard InChI is InChI=1S/C16H18P.Li/c1-11-5-7-15(13(3)9-11)17-16-8-6-12(2)10-14(16)4;/h5-10H,1-4H3;/q-1;+1. The second kappa shape index (κ2) is 6.58. The van der Waals surface area contributed by atoms with Gasteiger partial charge in [-0.1, -0.05) is 58.7 Å². The normalized spacial score (nSPS) is 10.0. The molecule has 0 N–H and O–H groups in total. The first-order valence-electron chi connectivity index (χ1n) is 5.92. The van der Waals surface area contributed by atoms with Gasteiger partial charge in [0, 0.05) is 0 Å². The molecular weight excluding hydrogens is 230 g/mol. The van der Waals surface area contributed by atoms with Crippen molar-refractivity contribution in [1.29, 1.82) is 0 Å². The molecule has 0 aliphatic heterocycles. The molecule has 2 aromatic carbocycles. The van der Waals surface area contributed by atoms with E-state index in [9.17, 15) is 0 Å². The van der Waals surface area contributed by atoms with Gasteiger partial charge in [-0.25, -0.2) is 0 Å². The van der Waals surface area contributed by atoms with Gasteiger partial charge in [-0.15, -0.1) is 0 Å². The fourth-order valence-electron chi connectivity index (χ4n) is 1.99. The third-order valence-electron chi connectivity index (χ3n) is 2.95. The van der Waals surface area contributed by atoms with Crippen LogP contribution in [-0.4, -0.2) is 0 Å². The Bertz CT molecular complexity index is 497. The second-order valence-corrected chi connectivity index (χ2v) is 5.88. The van der Waals surface area contributed by atoms with Crippen LogP contribution in [0.2, 0.25) is 0 Å². The first kappa shape index (κ1) is 15.5. The second-order valence-electron chi connectivity index (χ2n) is 4.69. The minimum absolute atomic E-state index is 0. The Morgan fingerprint density at radius 3 is 1.39 bits per heavy atom. The average molecular weight is 248 g/mol. The molecule has 18 heavy (non-hydrogen) atoms. The van der Waals surface area contributed by atoms with Crippen LogP contribution in [0.25, 0.3) is 0 Å². The van der Waals surface area contributed by atoms with E-state index in [1.807, 2.05) is 0 Å². The largest absolute Gasteiger partial charge is 1.00 e. The van der Waals surface area contributed by atoms with E-state index in [4.69, 9.17) is 0 Å². The third-order valence-corrected chi connectivity index (χ3v) is 4.43. The number of hydrogen-bond donors (Lipinski definition) is 0. The van der Waals surface area contributed by atoms with Gasteiger partial charge in [0.1, 0.15) is 0 Å². The van der Waals surface area contributed by atoms with Gasteiger partial charge in [0.05, 0.1) is 0 Å². The number of aryl methyl sites for hydroxylation is 4. The van der Waals surface area contributed by atoms with E-state index in [-0.39, 0.29) is 18.9 Å². The van der Waals surface area contributed by atoms with Crippen molar-refractivity contribution in [1.82, 2.24) is 0 Å². The zero-order valence-electron chi connectivity index (χ0n) is 11.9. The third kappa shape index (κ3) is 3.73. The van der Waals surface area contributed by atoms with Crippen molar-refractivity contribution >= 4 is 19.2 Å². The van der Waals surface area contributed by atoms with Crippen LogP contribution in [0.5, 0.6) is 0 Å². The predicted molar refractivity (Wildman–Crippen MR) is 78.0 cm³/mol. The summed E-state index contributed by atoms with van der Waals surface area (Å²) in [5, 5.41) is 2.81. The van der Waals surface area contributed by atoms with E-state index in [0.29, 0.717) is 0 Å². The first-order chi connectivity index (χ1) is 8.06. The van der Waals surface area contributed by atoms with Crippen LogP contribution in [0.1, 0.15) is 22.3 Å². The van der Waals surface area contributed by atoms with Crippen molar-refractivity contribution < 1.29 is 18.9 Å². The van der Waals surface area contributed by atoms with Gasteiger partial charge in [-0.3, -0.25) is 0 Å². The number of hydrogen-bond acceptors (Lipinski definition) is 0. The Hall–Kier alpha value is -0.533. The molecule has 2 heteroatoms. The maximum absolute atomic E-state index is 2.26. The summed E-state index contributed by atoms with van der Waals surface area (Å²) in [6.07, 6.45) is 0. The van der Waals surface area contributed by atoms with Crippen molar-refractivity contribution in [3.8, 4) is 0 Å². The molecule has 0 unspecified atom stereocenters.